The Balaban J connectivity index is 1.12. The van der Waals surface area contributed by atoms with Crippen LogP contribution in [-0.4, -0.2) is 46.5 Å². The van der Waals surface area contributed by atoms with E-state index >= 15 is 0 Å². The van der Waals surface area contributed by atoms with Gasteiger partial charge in [0.15, 0.2) is 0 Å². The quantitative estimate of drug-likeness (QED) is 0.145. The van der Waals surface area contributed by atoms with Crippen molar-refractivity contribution in [3.63, 3.8) is 0 Å². The average Bonchev–Trinajstić information content (AvgIpc) is 3.97. The summed E-state index contributed by atoms with van der Waals surface area (Å²) in [4.78, 5) is 16.7. The van der Waals surface area contributed by atoms with E-state index < -0.39 is 6.10 Å². The van der Waals surface area contributed by atoms with Crippen LogP contribution in [0.15, 0.2) is 54.9 Å². The number of rotatable bonds is 18. The first-order valence-electron chi connectivity index (χ1n) is 16.4. The Morgan fingerprint density at radius 3 is 2.57 bits per heavy atom. The van der Waals surface area contributed by atoms with E-state index in [-0.39, 0.29) is 18.1 Å². The summed E-state index contributed by atoms with van der Waals surface area (Å²) in [5, 5.41) is 21.2. The summed E-state index contributed by atoms with van der Waals surface area (Å²) < 4.78 is 13.0. The number of aryl methyl sites for hydroxylation is 3. The normalized spacial score (nSPS) is 16.0. The summed E-state index contributed by atoms with van der Waals surface area (Å²) in [5.74, 6) is 1.02. The zero-order chi connectivity index (χ0) is 30.9. The highest BCUT2D eigenvalue weighted by Gasteiger charge is 2.47. The first-order valence-corrected chi connectivity index (χ1v) is 16.4. The van der Waals surface area contributed by atoms with Crippen molar-refractivity contribution in [2.24, 2.45) is 0 Å². The van der Waals surface area contributed by atoms with E-state index in [1.807, 2.05) is 18.5 Å². The predicted molar refractivity (Wildman–Crippen MR) is 172 cm³/mol. The third kappa shape index (κ3) is 8.68. The number of aliphatic hydroxyl groups excluding tert-OH is 2. The van der Waals surface area contributed by atoms with E-state index in [9.17, 15) is 9.90 Å². The highest BCUT2D eigenvalue weighted by Crippen LogP contribution is 2.53. The van der Waals surface area contributed by atoms with Gasteiger partial charge in [0.25, 0.3) is 0 Å². The molecule has 1 aromatic heterocycles. The minimum absolute atomic E-state index is 0.0813. The molecule has 2 aliphatic rings. The molecule has 7 heteroatoms. The number of carbonyl (C=O) groups excluding carboxylic acids is 1. The molecule has 7 nitrogen and oxygen atoms in total. The van der Waals surface area contributed by atoms with Crippen molar-refractivity contribution in [3.05, 3.63) is 82.7 Å². The first kappa shape index (κ1) is 32.1. The maximum atomic E-state index is 12.2. The van der Waals surface area contributed by atoms with Crippen molar-refractivity contribution in [2.45, 2.75) is 109 Å². The molecule has 0 radical (unpaired) electrons. The Hall–Kier alpha value is -3.26. The van der Waals surface area contributed by atoms with E-state index in [4.69, 9.17) is 14.6 Å². The number of amides is 1. The van der Waals surface area contributed by atoms with Gasteiger partial charge in [-0.05, 0) is 118 Å². The van der Waals surface area contributed by atoms with Crippen LogP contribution < -0.4 is 10.1 Å². The van der Waals surface area contributed by atoms with Crippen LogP contribution in [-0.2, 0) is 28.2 Å². The summed E-state index contributed by atoms with van der Waals surface area (Å²) in [6.45, 7) is 5.30. The highest BCUT2D eigenvalue weighted by atomic mass is 16.5. The minimum Gasteiger partial charge on any atom is -0.490 e. The minimum atomic E-state index is -0.657. The third-order valence-electron chi connectivity index (χ3n) is 8.91. The molecule has 1 atom stereocenters. The number of unbranched alkanes of at least 4 members (excludes halogenated alkanes) is 2. The molecule has 2 fully saturated rings. The van der Waals surface area contributed by atoms with Gasteiger partial charge in [-0.2, -0.15) is 0 Å². The molecule has 2 aliphatic carbocycles. The Bertz CT molecular complexity index is 1400. The van der Waals surface area contributed by atoms with Gasteiger partial charge in [-0.3, -0.25) is 9.78 Å². The number of hydrogen-bond donors (Lipinski definition) is 3. The molecule has 3 N–H and O–H groups in total. The van der Waals surface area contributed by atoms with Gasteiger partial charge in [0, 0.05) is 36.5 Å². The second-order valence-corrected chi connectivity index (χ2v) is 12.6. The summed E-state index contributed by atoms with van der Waals surface area (Å²) in [6.07, 6.45) is 13.2. The molecule has 0 saturated heterocycles. The standard InChI is InChI=1S/C37H48N2O5/c1-26-22-29(27(2)21-28(26)9-3-6-13-36(42)39-19-8-7-10-30(41)24-40)25-43-37(17-18-37)34-23-38-20-16-32(34)33-11-4-5-12-35(33)44-31-14-15-31/h4-5,11-12,16,20-23,30-31,40-41H,3,6-10,13-15,17-19,24-25H2,1-2H3,(H,39,42). The van der Waals surface area contributed by atoms with E-state index in [2.05, 4.69) is 60.5 Å². The van der Waals surface area contributed by atoms with Crippen LogP contribution in [0.5, 0.6) is 5.75 Å². The van der Waals surface area contributed by atoms with Crippen LogP contribution in [0, 0.1) is 13.8 Å². The summed E-state index contributed by atoms with van der Waals surface area (Å²) in [5.41, 5.74) is 8.11. The molecule has 1 unspecified atom stereocenters. The van der Waals surface area contributed by atoms with Gasteiger partial charge in [0.1, 0.15) is 5.75 Å². The van der Waals surface area contributed by atoms with Crippen LogP contribution in [0.4, 0.5) is 0 Å². The number of hydrogen-bond acceptors (Lipinski definition) is 6. The third-order valence-corrected chi connectivity index (χ3v) is 8.91. The number of ether oxygens (including phenoxy) is 2. The molecule has 44 heavy (non-hydrogen) atoms. The van der Waals surface area contributed by atoms with Crippen molar-refractivity contribution < 1.29 is 24.5 Å². The lowest BCUT2D eigenvalue weighted by molar-refractivity contribution is -0.121. The molecule has 236 valence electrons. The largest absolute Gasteiger partial charge is 0.490 e. The molecule has 0 aliphatic heterocycles. The fourth-order valence-corrected chi connectivity index (χ4v) is 5.84. The Kier molecular flexibility index (Phi) is 11.1. The molecule has 5 rings (SSSR count). The molecule has 0 bridgehead atoms. The topological polar surface area (TPSA) is 101 Å². The van der Waals surface area contributed by atoms with Crippen LogP contribution in [0.2, 0.25) is 0 Å². The molecule has 2 saturated carbocycles. The Labute approximate surface area is 262 Å². The highest BCUT2D eigenvalue weighted by molar-refractivity contribution is 5.76. The van der Waals surface area contributed by atoms with Crippen LogP contribution in [0.1, 0.15) is 92.0 Å². The number of para-hydroxylation sites is 1. The van der Waals surface area contributed by atoms with E-state index in [1.165, 1.54) is 22.3 Å². The lowest BCUT2D eigenvalue weighted by Crippen LogP contribution is -2.24. The zero-order valence-corrected chi connectivity index (χ0v) is 26.3. The van der Waals surface area contributed by atoms with Crippen molar-refractivity contribution in [1.29, 1.82) is 0 Å². The van der Waals surface area contributed by atoms with Gasteiger partial charge in [0.2, 0.25) is 5.91 Å². The Morgan fingerprint density at radius 2 is 1.80 bits per heavy atom. The van der Waals surface area contributed by atoms with Crippen LogP contribution in [0.3, 0.4) is 0 Å². The lowest BCUT2D eigenvalue weighted by Gasteiger charge is -2.22. The van der Waals surface area contributed by atoms with Crippen molar-refractivity contribution in [1.82, 2.24) is 10.3 Å². The fourth-order valence-electron chi connectivity index (χ4n) is 5.84. The molecule has 3 aromatic rings. The van der Waals surface area contributed by atoms with E-state index in [1.54, 1.807) is 0 Å². The molecule has 2 aromatic carbocycles. The van der Waals surface area contributed by atoms with E-state index in [0.29, 0.717) is 32.1 Å². The van der Waals surface area contributed by atoms with Crippen molar-refractivity contribution >= 4 is 5.91 Å². The van der Waals surface area contributed by atoms with Crippen molar-refractivity contribution in [3.8, 4) is 16.9 Å². The predicted octanol–water partition coefficient (Wildman–Crippen LogP) is 6.47. The monoisotopic (exact) mass is 600 g/mol. The first-order chi connectivity index (χ1) is 21.4. The maximum Gasteiger partial charge on any atom is 0.219 e. The Morgan fingerprint density at radius 1 is 1.02 bits per heavy atom. The molecular weight excluding hydrogens is 552 g/mol. The second kappa shape index (κ2) is 15.2. The second-order valence-electron chi connectivity index (χ2n) is 12.6. The summed E-state index contributed by atoms with van der Waals surface area (Å²) in [6, 6.07) is 15.0. The SMILES string of the molecule is Cc1cc(COC2(c3cnccc3-c3ccccc3OC3CC3)CC2)c(C)cc1CCCCC(=O)NCCCCC(O)CO. The number of carbonyl (C=O) groups is 1. The van der Waals surface area contributed by atoms with Gasteiger partial charge in [0.05, 0.1) is 31.0 Å². The van der Waals surface area contributed by atoms with Gasteiger partial charge < -0.3 is 25.0 Å². The number of benzene rings is 2. The number of aliphatic hydroxyl groups is 2. The van der Waals surface area contributed by atoms with E-state index in [0.717, 1.165) is 80.2 Å². The summed E-state index contributed by atoms with van der Waals surface area (Å²) in [7, 11) is 0. The number of nitrogens with zero attached hydrogens (tertiary/aromatic N) is 1. The molecule has 1 heterocycles. The van der Waals surface area contributed by atoms with Gasteiger partial charge in [-0.25, -0.2) is 0 Å². The number of pyridine rings is 1. The molecular formula is C37H48N2O5. The number of aromatic nitrogens is 1. The molecule has 1 amide bonds. The maximum absolute atomic E-state index is 12.2. The number of nitrogens with one attached hydrogen (secondary N) is 1. The average molecular weight is 601 g/mol. The lowest BCUT2D eigenvalue weighted by atomic mass is 9.95. The van der Waals surface area contributed by atoms with Gasteiger partial charge in [-0.1, -0.05) is 30.3 Å². The molecule has 0 spiro atoms. The summed E-state index contributed by atoms with van der Waals surface area (Å²) >= 11 is 0. The van der Waals surface area contributed by atoms with Crippen molar-refractivity contribution in [2.75, 3.05) is 13.2 Å². The smallest absolute Gasteiger partial charge is 0.219 e. The zero-order valence-electron chi connectivity index (χ0n) is 26.3. The van der Waals surface area contributed by atoms with Gasteiger partial charge >= 0.3 is 0 Å². The fraction of sp³-hybridized carbons (Fsp3) is 0.514. The van der Waals surface area contributed by atoms with Crippen LogP contribution >= 0.6 is 0 Å². The van der Waals surface area contributed by atoms with Gasteiger partial charge in [-0.15, -0.1) is 0 Å². The van der Waals surface area contributed by atoms with Crippen LogP contribution in [0.25, 0.3) is 11.1 Å².